The highest BCUT2D eigenvalue weighted by atomic mass is 16.5. The van der Waals surface area contributed by atoms with Gasteiger partial charge in [0.15, 0.2) is 0 Å². The maximum absolute atomic E-state index is 5.55. The quantitative estimate of drug-likeness (QED) is 0.226. The van der Waals surface area contributed by atoms with E-state index in [1.807, 2.05) is 6.92 Å². The van der Waals surface area contributed by atoms with Crippen LogP contribution in [0, 0.1) is 17.8 Å². The summed E-state index contributed by atoms with van der Waals surface area (Å²) in [6.07, 6.45) is 25.5. The van der Waals surface area contributed by atoms with Crippen molar-refractivity contribution in [1.82, 2.24) is 0 Å². The zero-order valence-corrected chi connectivity index (χ0v) is 20.5. The van der Waals surface area contributed by atoms with Gasteiger partial charge in [-0.2, -0.15) is 0 Å². The molecule has 2 aliphatic rings. The molecule has 0 bridgehead atoms. The normalized spacial score (nSPS) is 24.1. The Morgan fingerprint density at radius 1 is 0.742 bits per heavy atom. The molecule has 1 saturated carbocycles. The molecule has 174 valence electrons. The van der Waals surface area contributed by atoms with Crippen LogP contribution in [0.2, 0.25) is 0 Å². The van der Waals surface area contributed by atoms with Crippen LogP contribution < -0.4 is 4.74 Å². The molecule has 1 atom stereocenters. The summed E-state index contributed by atoms with van der Waals surface area (Å²) >= 11 is 0. The molecule has 31 heavy (non-hydrogen) atoms. The lowest BCUT2D eigenvalue weighted by Crippen LogP contribution is -2.16. The van der Waals surface area contributed by atoms with E-state index in [4.69, 9.17) is 4.74 Å². The van der Waals surface area contributed by atoms with Crippen LogP contribution in [-0.2, 0) is 6.42 Å². The molecule has 0 aliphatic heterocycles. The first-order chi connectivity index (χ1) is 15.3. The van der Waals surface area contributed by atoms with Gasteiger partial charge in [-0.05, 0) is 80.9 Å². The molecule has 0 N–H and O–H groups in total. The van der Waals surface area contributed by atoms with Gasteiger partial charge in [0.05, 0.1) is 6.61 Å². The molecule has 0 aromatic heterocycles. The number of hydrogen-bond acceptors (Lipinski definition) is 1. The van der Waals surface area contributed by atoms with Gasteiger partial charge in [0.2, 0.25) is 0 Å². The van der Waals surface area contributed by atoms with Crippen LogP contribution in [0.1, 0.15) is 116 Å². The molecule has 0 saturated heterocycles. The molecule has 1 fully saturated rings. The van der Waals surface area contributed by atoms with Crippen molar-refractivity contribution in [3.8, 4) is 5.75 Å². The van der Waals surface area contributed by atoms with Gasteiger partial charge < -0.3 is 4.74 Å². The SMILES string of the molecule is CCCCCC[C@H]1CC[C@H](CCC2CC=C(CCc3ccc(OCC)cc3)CC2)CC1. The van der Waals surface area contributed by atoms with Crippen molar-refractivity contribution in [2.75, 3.05) is 6.61 Å². The third kappa shape index (κ3) is 9.03. The lowest BCUT2D eigenvalue weighted by molar-refractivity contribution is 0.234. The number of rotatable bonds is 13. The number of ether oxygens (including phenoxy) is 1. The molecule has 1 unspecified atom stereocenters. The van der Waals surface area contributed by atoms with Gasteiger partial charge in [-0.1, -0.05) is 94.9 Å². The largest absolute Gasteiger partial charge is 0.494 e. The predicted molar refractivity (Wildman–Crippen MR) is 135 cm³/mol. The molecule has 2 aliphatic carbocycles. The summed E-state index contributed by atoms with van der Waals surface area (Å²) in [6, 6.07) is 8.70. The highest BCUT2D eigenvalue weighted by Crippen LogP contribution is 2.37. The van der Waals surface area contributed by atoms with Gasteiger partial charge in [-0.15, -0.1) is 0 Å². The minimum Gasteiger partial charge on any atom is -0.494 e. The van der Waals surface area contributed by atoms with E-state index < -0.39 is 0 Å². The van der Waals surface area contributed by atoms with Crippen LogP contribution in [0.15, 0.2) is 35.9 Å². The highest BCUT2D eigenvalue weighted by molar-refractivity contribution is 5.28. The Morgan fingerprint density at radius 3 is 2.10 bits per heavy atom. The van der Waals surface area contributed by atoms with Crippen LogP contribution in [0.5, 0.6) is 5.75 Å². The molecule has 1 aromatic carbocycles. The first kappa shape index (κ1) is 24.4. The van der Waals surface area contributed by atoms with E-state index >= 15 is 0 Å². The maximum Gasteiger partial charge on any atom is 0.119 e. The van der Waals surface area contributed by atoms with Crippen molar-refractivity contribution in [2.24, 2.45) is 17.8 Å². The number of hydrogen-bond donors (Lipinski definition) is 0. The van der Waals surface area contributed by atoms with Crippen LogP contribution in [0.3, 0.4) is 0 Å². The fraction of sp³-hybridized carbons (Fsp3) is 0.733. The second-order valence-corrected chi connectivity index (χ2v) is 10.4. The third-order valence-electron chi connectivity index (χ3n) is 8.00. The van der Waals surface area contributed by atoms with E-state index in [2.05, 4.69) is 37.3 Å². The summed E-state index contributed by atoms with van der Waals surface area (Å²) < 4.78 is 5.55. The van der Waals surface area contributed by atoms with Gasteiger partial charge >= 0.3 is 0 Å². The Hall–Kier alpha value is -1.24. The van der Waals surface area contributed by atoms with E-state index in [0.717, 1.165) is 30.1 Å². The topological polar surface area (TPSA) is 9.23 Å². The summed E-state index contributed by atoms with van der Waals surface area (Å²) in [5.41, 5.74) is 3.14. The number of allylic oxidation sites excluding steroid dienone is 2. The lowest BCUT2D eigenvalue weighted by Gasteiger charge is -2.30. The van der Waals surface area contributed by atoms with Crippen LogP contribution in [0.4, 0.5) is 0 Å². The molecule has 0 spiro atoms. The fourth-order valence-corrected chi connectivity index (χ4v) is 5.80. The highest BCUT2D eigenvalue weighted by Gasteiger charge is 2.22. The second-order valence-electron chi connectivity index (χ2n) is 10.4. The van der Waals surface area contributed by atoms with Gasteiger partial charge in [0, 0.05) is 0 Å². The molecule has 1 nitrogen and oxygen atoms in total. The van der Waals surface area contributed by atoms with Gasteiger partial charge in [-0.3, -0.25) is 0 Å². The lowest BCUT2D eigenvalue weighted by atomic mass is 9.76. The average Bonchev–Trinajstić information content (AvgIpc) is 2.82. The second kappa shape index (κ2) is 14.0. The first-order valence-electron chi connectivity index (χ1n) is 13.7. The zero-order valence-electron chi connectivity index (χ0n) is 20.5. The zero-order chi connectivity index (χ0) is 21.7. The Labute approximate surface area is 193 Å². The summed E-state index contributed by atoms with van der Waals surface area (Å²) in [6.45, 7) is 5.10. The average molecular weight is 425 g/mol. The first-order valence-corrected chi connectivity index (χ1v) is 13.7. The third-order valence-corrected chi connectivity index (χ3v) is 8.00. The van der Waals surface area contributed by atoms with E-state index in [0.29, 0.717) is 0 Å². The van der Waals surface area contributed by atoms with Crippen molar-refractivity contribution in [3.63, 3.8) is 0 Å². The van der Waals surface area contributed by atoms with Crippen molar-refractivity contribution >= 4 is 0 Å². The minimum absolute atomic E-state index is 0.744. The summed E-state index contributed by atoms with van der Waals surface area (Å²) in [4.78, 5) is 0. The Kier molecular flexibility index (Phi) is 11.0. The van der Waals surface area contributed by atoms with E-state index in [-0.39, 0.29) is 0 Å². The number of unbranched alkanes of at least 4 members (excludes halogenated alkanes) is 3. The van der Waals surface area contributed by atoms with Crippen molar-refractivity contribution < 1.29 is 4.74 Å². The summed E-state index contributed by atoms with van der Waals surface area (Å²) in [5, 5.41) is 0. The number of benzene rings is 1. The Morgan fingerprint density at radius 2 is 1.45 bits per heavy atom. The van der Waals surface area contributed by atoms with Crippen LogP contribution >= 0.6 is 0 Å². The summed E-state index contributed by atoms with van der Waals surface area (Å²) in [5.74, 6) is 4.05. The van der Waals surface area contributed by atoms with Crippen molar-refractivity contribution in [2.45, 2.75) is 117 Å². The fourth-order valence-electron chi connectivity index (χ4n) is 5.80. The molecule has 1 heteroatoms. The Balaban J connectivity index is 1.27. The van der Waals surface area contributed by atoms with E-state index in [1.54, 1.807) is 5.57 Å². The monoisotopic (exact) mass is 424 g/mol. The van der Waals surface area contributed by atoms with Gasteiger partial charge in [-0.25, -0.2) is 0 Å². The van der Waals surface area contributed by atoms with E-state index in [1.165, 1.54) is 108 Å². The standard InChI is InChI=1S/C30H48O/c1-3-5-6-7-8-25-9-11-26(12-10-25)13-14-27-15-17-28(18-16-27)19-20-29-21-23-30(24-22-29)31-4-2/h17,21-27H,3-16,18-20H2,1-2H3/t25-,26-,27?. The van der Waals surface area contributed by atoms with Crippen LogP contribution in [0.25, 0.3) is 0 Å². The van der Waals surface area contributed by atoms with Crippen LogP contribution in [-0.4, -0.2) is 6.61 Å². The summed E-state index contributed by atoms with van der Waals surface area (Å²) in [7, 11) is 0. The molecule has 3 rings (SSSR count). The maximum atomic E-state index is 5.55. The van der Waals surface area contributed by atoms with E-state index in [9.17, 15) is 0 Å². The Bertz CT molecular complexity index is 620. The van der Waals surface area contributed by atoms with Gasteiger partial charge in [0.1, 0.15) is 5.75 Å². The molecule has 0 heterocycles. The molecular weight excluding hydrogens is 376 g/mol. The van der Waals surface area contributed by atoms with Crippen molar-refractivity contribution in [1.29, 1.82) is 0 Å². The van der Waals surface area contributed by atoms with Gasteiger partial charge in [0.25, 0.3) is 0 Å². The predicted octanol–water partition coefficient (Wildman–Crippen LogP) is 9.30. The smallest absolute Gasteiger partial charge is 0.119 e. The molecule has 0 amide bonds. The molecule has 1 aromatic rings. The van der Waals surface area contributed by atoms with Crippen molar-refractivity contribution in [3.05, 3.63) is 41.5 Å². The molecular formula is C30H48O. The molecule has 0 radical (unpaired) electrons. The number of aryl methyl sites for hydroxylation is 1. The minimum atomic E-state index is 0.744.